The number of hydrogen-bond donors (Lipinski definition) is 2. The molecule has 37 heavy (non-hydrogen) atoms. The van der Waals surface area contributed by atoms with Crippen LogP contribution in [0.25, 0.3) is 22.3 Å². The van der Waals surface area contributed by atoms with Crippen LogP contribution in [0.5, 0.6) is 5.75 Å². The molecule has 2 bridgehead atoms. The van der Waals surface area contributed by atoms with Crippen LogP contribution in [0.15, 0.2) is 42.6 Å². The number of nitrogens with two attached hydrogens (primary N) is 1. The van der Waals surface area contributed by atoms with Gasteiger partial charge in [0.25, 0.3) is 5.91 Å². The van der Waals surface area contributed by atoms with Crippen LogP contribution in [-0.4, -0.2) is 43.9 Å². The van der Waals surface area contributed by atoms with E-state index in [1.165, 1.54) is 25.3 Å². The standard InChI is InChI=1S/C25H19F3N6O3/c1-10(29)20(35)22-30-7-6-13(31-22)11-8-12-18(19(26)21(11)37-25(27)28)17-9-15(33-24(12)36)23-32-14-4-2-3-5-16(14)34(17)23/h2-8,10,15,17,25H,9,29H2,1H3,(H,33,36)/t10?,15-,17-/m1/s1. The molecule has 3 N–H and O–H groups in total. The number of amides is 1. The predicted octanol–water partition coefficient (Wildman–Crippen LogP) is 3.54. The molecule has 2 aromatic heterocycles. The Hall–Kier alpha value is -4.32. The second-order valence-electron chi connectivity index (χ2n) is 8.93. The second-order valence-corrected chi connectivity index (χ2v) is 8.93. The van der Waals surface area contributed by atoms with Crippen molar-refractivity contribution in [3.8, 4) is 17.0 Å². The number of ketones is 1. The molecule has 1 amide bonds. The molecular formula is C25H19F3N6O3. The number of hydrogen-bond acceptors (Lipinski definition) is 7. The molecule has 0 radical (unpaired) electrons. The van der Waals surface area contributed by atoms with E-state index in [9.17, 15) is 18.4 Å². The van der Waals surface area contributed by atoms with Gasteiger partial charge in [0.15, 0.2) is 17.4 Å². The van der Waals surface area contributed by atoms with Gasteiger partial charge in [-0.15, -0.1) is 0 Å². The Balaban J connectivity index is 1.59. The topological polar surface area (TPSA) is 125 Å². The van der Waals surface area contributed by atoms with Gasteiger partial charge in [-0.05, 0) is 37.6 Å². The van der Waals surface area contributed by atoms with Gasteiger partial charge in [0.2, 0.25) is 5.78 Å². The van der Waals surface area contributed by atoms with Gasteiger partial charge >= 0.3 is 6.61 Å². The summed E-state index contributed by atoms with van der Waals surface area (Å²) >= 11 is 0. The Kier molecular flexibility index (Phi) is 5.23. The Labute approximate surface area is 207 Å². The molecule has 12 heteroatoms. The van der Waals surface area contributed by atoms with Crippen molar-refractivity contribution in [3.63, 3.8) is 0 Å². The molecule has 4 aromatic rings. The van der Waals surface area contributed by atoms with Crippen LogP contribution in [0.4, 0.5) is 13.2 Å². The number of Topliss-reactive ketones (excluding diaryl/α,β-unsaturated/α-hetero) is 1. The van der Waals surface area contributed by atoms with Crippen molar-refractivity contribution in [1.29, 1.82) is 0 Å². The summed E-state index contributed by atoms with van der Waals surface area (Å²) in [6.45, 7) is -1.92. The number of alkyl halides is 2. The van der Waals surface area contributed by atoms with Crippen LogP contribution >= 0.6 is 0 Å². The van der Waals surface area contributed by atoms with Crippen molar-refractivity contribution in [1.82, 2.24) is 24.8 Å². The maximum atomic E-state index is 16.3. The lowest BCUT2D eigenvalue weighted by molar-refractivity contribution is -0.0519. The minimum absolute atomic E-state index is 0.0521. The smallest absolute Gasteiger partial charge is 0.387 e. The lowest BCUT2D eigenvalue weighted by Crippen LogP contribution is -2.29. The monoisotopic (exact) mass is 508 g/mol. The van der Waals surface area contributed by atoms with Crippen LogP contribution in [0, 0.1) is 5.82 Å². The number of para-hydroxylation sites is 2. The van der Waals surface area contributed by atoms with Crippen molar-refractivity contribution in [2.45, 2.75) is 38.1 Å². The number of imidazole rings is 1. The molecule has 2 aliphatic heterocycles. The molecule has 2 aliphatic rings. The number of rotatable bonds is 5. The third-order valence-corrected chi connectivity index (χ3v) is 6.62. The number of benzene rings is 2. The Morgan fingerprint density at radius 1 is 1.22 bits per heavy atom. The fourth-order valence-electron chi connectivity index (χ4n) is 5.06. The number of fused-ring (bicyclic) bond motifs is 9. The van der Waals surface area contributed by atoms with Crippen molar-refractivity contribution >= 4 is 22.7 Å². The zero-order valence-electron chi connectivity index (χ0n) is 19.3. The highest BCUT2D eigenvalue weighted by Gasteiger charge is 2.43. The third kappa shape index (κ3) is 3.55. The number of carbonyl (C=O) groups is 2. The molecule has 6 rings (SSSR count). The molecule has 9 nitrogen and oxygen atoms in total. The summed E-state index contributed by atoms with van der Waals surface area (Å²) in [6.07, 6.45) is 1.51. The van der Waals surface area contributed by atoms with E-state index in [0.29, 0.717) is 11.3 Å². The highest BCUT2D eigenvalue weighted by atomic mass is 19.3. The Morgan fingerprint density at radius 3 is 2.76 bits per heavy atom. The largest absolute Gasteiger partial charge is 0.431 e. The maximum absolute atomic E-state index is 16.3. The summed E-state index contributed by atoms with van der Waals surface area (Å²) in [6, 6.07) is 7.69. The van der Waals surface area contributed by atoms with E-state index in [1.54, 1.807) is 6.07 Å². The molecule has 0 fully saturated rings. The summed E-state index contributed by atoms with van der Waals surface area (Å²) in [7, 11) is 0. The lowest BCUT2D eigenvalue weighted by Gasteiger charge is -2.22. The van der Waals surface area contributed by atoms with E-state index in [2.05, 4.69) is 25.0 Å². The van der Waals surface area contributed by atoms with Crippen LogP contribution in [0.2, 0.25) is 0 Å². The molecule has 4 heterocycles. The molecule has 0 aliphatic carbocycles. The number of halogens is 3. The normalized spacial score (nSPS) is 18.8. The van der Waals surface area contributed by atoms with Crippen LogP contribution in [0.3, 0.4) is 0 Å². The highest BCUT2D eigenvalue weighted by Crippen LogP contribution is 2.48. The number of carbonyl (C=O) groups excluding carboxylic acids is 2. The van der Waals surface area contributed by atoms with Crippen LogP contribution in [-0.2, 0) is 0 Å². The average Bonchev–Trinajstić information content (AvgIpc) is 3.37. The first-order valence-corrected chi connectivity index (χ1v) is 11.5. The zero-order chi connectivity index (χ0) is 26.0. The van der Waals surface area contributed by atoms with Crippen LogP contribution < -0.4 is 15.8 Å². The van der Waals surface area contributed by atoms with Crippen molar-refractivity contribution in [2.24, 2.45) is 5.73 Å². The van der Waals surface area contributed by atoms with Gasteiger partial charge in [-0.2, -0.15) is 8.78 Å². The minimum atomic E-state index is -3.36. The number of aromatic nitrogens is 4. The SMILES string of the molecule is CC(N)C(=O)c1nccc(-c2cc3c(c(F)c2OC(F)F)[C@H]2C[C@@H](NC3=O)c3nc4ccccc4n32)n1. The van der Waals surface area contributed by atoms with Crippen molar-refractivity contribution in [2.75, 3.05) is 0 Å². The molecule has 0 saturated heterocycles. The molecule has 0 spiro atoms. The van der Waals surface area contributed by atoms with Crippen molar-refractivity contribution < 1.29 is 27.5 Å². The summed E-state index contributed by atoms with van der Waals surface area (Å²) in [5.74, 6) is -2.80. The highest BCUT2D eigenvalue weighted by molar-refractivity contribution is 6.00. The van der Waals surface area contributed by atoms with Crippen molar-refractivity contribution in [3.05, 3.63) is 71.2 Å². The third-order valence-electron chi connectivity index (χ3n) is 6.62. The zero-order valence-corrected chi connectivity index (χ0v) is 19.3. The van der Waals surface area contributed by atoms with Gasteiger partial charge < -0.3 is 20.4 Å². The van der Waals surface area contributed by atoms with E-state index in [0.717, 1.165) is 5.52 Å². The summed E-state index contributed by atoms with van der Waals surface area (Å²) in [4.78, 5) is 38.2. The van der Waals surface area contributed by atoms with Gasteiger partial charge in [0, 0.05) is 22.9 Å². The lowest BCUT2D eigenvalue weighted by atomic mass is 9.94. The summed E-state index contributed by atoms with van der Waals surface area (Å²) in [5.41, 5.74) is 6.59. The summed E-state index contributed by atoms with van der Waals surface area (Å²) < 4.78 is 49.7. The molecule has 0 saturated carbocycles. The van der Waals surface area contributed by atoms with E-state index in [-0.39, 0.29) is 34.6 Å². The molecule has 2 aromatic carbocycles. The Morgan fingerprint density at radius 2 is 2.00 bits per heavy atom. The fourth-order valence-corrected chi connectivity index (χ4v) is 5.06. The van der Waals surface area contributed by atoms with Gasteiger partial charge in [-0.25, -0.2) is 19.3 Å². The molecule has 1 unspecified atom stereocenters. The van der Waals surface area contributed by atoms with E-state index in [1.807, 2.05) is 22.8 Å². The van der Waals surface area contributed by atoms with Gasteiger partial charge in [-0.3, -0.25) is 9.59 Å². The quantitative estimate of drug-likeness (QED) is 0.395. The van der Waals surface area contributed by atoms with Gasteiger partial charge in [0.1, 0.15) is 5.82 Å². The minimum Gasteiger partial charge on any atom is -0.431 e. The van der Waals surface area contributed by atoms with Gasteiger partial charge in [0.05, 0.1) is 34.9 Å². The average molecular weight is 508 g/mol. The Bertz CT molecular complexity index is 1600. The number of ether oxygens (including phenoxy) is 1. The number of nitrogens with one attached hydrogen (secondary N) is 1. The first kappa shape index (κ1) is 23.1. The van der Waals surface area contributed by atoms with E-state index >= 15 is 4.39 Å². The predicted molar refractivity (Wildman–Crippen MR) is 125 cm³/mol. The van der Waals surface area contributed by atoms with Crippen LogP contribution in [0.1, 0.15) is 57.8 Å². The molecule has 188 valence electrons. The summed E-state index contributed by atoms with van der Waals surface area (Å²) in [5, 5.41) is 2.87. The number of nitrogens with zero attached hydrogens (tertiary/aromatic N) is 4. The first-order valence-electron chi connectivity index (χ1n) is 11.5. The van der Waals surface area contributed by atoms with E-state index in [4.69, 9.17) is 5.73 Å². The maximum Gasteiger partial charge on any atom is 0.387 e. The molecular weight excluding hydrogens is 489 g/mol. The first-order chi connectivity index (χ1) is 17.7. The second kappa shape index (κ2) is 8.37. The van der Waals surface area contributed by atoms with E-state index < -0.39 is 48.0 Å². The molecule has 3 atom stereocenters. The fraction of sp³-hybridized carbons (Fsp3) is 0.240. The van der Waals surface area contributed by atoms with Gasteiger partial charge in [-0.1, -0.05) is 12.1 Å².